The summed E-state index contributed by atoms with van der Waals surface area (Å²) in [5.41, 5.74) is 8.04. The van der Waals surface area contributed by atoms with Crippen LogP contribution in [0.2, 0.25) is 0 Å². The molecule has 15 heavy (non-hydrogen) atoms. The molecule has 2 unspecified atom stereocenters. The first-order valence-corrected chi connectivity index (χ1v) is 4.15. The van der Waals surface area contributed by atoms with E-state index >= 15 is 0 Å². The van der Waals surface area contributed by atoms with Gasteiger partial charge in [0.15, 0.2) is 0 Å². The summed E-state index contributed by atoms with van der Waals surface area (Å²) in [5, 5.41) is 11.4. The molecule has 0 aliphatic heterocycles. The predicted octanol–water partition coefficient (Wildman–Crippen LogP) is 2.73. The summed E-state index contributed by atoms with van der Waals surface area (Å²) in [7, 11) is 0. The zero-order valence-electron chi connectivity index (χ0n) is 7.90. The van der Waals surface area contributed by atoms with Crippen LogP contribution in [0, 0.1) is 5.92 Å². The van der Waals surface area contributed by atoms with E-state index in [4.69, 9.17) is 10.6 Å². The van der Waals surface area contributed by atoms with Crippen molar-refractivity contribution in [1.29, 1.82) is 0 Å². The Morgan fingerprint density at radius 3 is 2.40 bits per heavy atom. The van der Waals surface area contributed by atoms with E-state index in [1.165, 1.54) is 6.92 Å². The number of hydrogen-bond acceptors (Lipinski definition) is 2. The number of carboxylic acids is 1. The maximum atomic E-state index is 12.0. The van der Waals surface area contributed by atoms with E-state index in [9.17, 15) is 18.0 Å². The topological polar surface area (TPSA) is 86.1 Å². The quantitative estimate of drug-likeness (QED) is 0.443. The second-order valence-electron chi connectivity index (χ2n) is 2.98. The molecule has 1 N–H and O–H groups in total. The average Bonchev–Trinajstić information content (AvgIpc) is 2.08. The average molecular weight is 225 g/mol. The van der Waals surface area contributed by atoms with Crippen LogP contribution >= 0.6 is 0 Å². The fourth-order valence-electron chi connectivity index (χ4n) is 1.18. The minimum atomic E-state index is -4.46. The highest BCUT2D eigenvalue weighted by atomic mass is 19.4. The maximum Gasteiger partial charge on any atom is 0.389 e. The lowest BCUT2D eigenvalue weighted by Gasteiger charge is -2.19. The number of alkyl halides is 3. The third-order valence-electron chi connectivity index (χ3n) is 1.89. The molecule has 0 aromatic rings. The number of nitrogens with zero attached hydrogens (tertiary/aromatic N) is 3. The Morgan fingerprint density at radius 2 is 2.13 bits per heavy atom. The molecule has 5 nitrogen and oxygen atoms in total. The summed E-state index contributed by atoms with van der Waals surface area (Å²) >= 11 is 0. The molecule has 0 radical (unpaired) electrons. The predicted molar refractivity (Wildman–Crippen MR) is 45.0 cm³/mol. The third-order valence-corrected chi connectivity index (χ3v) is 1.89. The Kier molecular flexibility index (Phi) is 4.93. The Morgan fingerprint density at radius 1 is 1.60 bits per heavy atom. The van der Waals surface area contributed by atoms with Gasteiger partial charge in [-0.25, -0.2) is 0 Å². The number of aliphatic carboxylic acids is 1. The van der Waals surface area contributed by atoms with E-state index in [2.05, 4.69) is 10.0 Å². The minimum Gasteiger partial charge on any atom is -0.481 e. The van der Waals surface area contributed by atoms with Gasteiger partial charge in [0.05, 0.1) is 0 Å². The number of azide groups is 1. The van der Waals surface area contributed by atoms with E-state index < -0.39 is 30.5 Å². The molecule has 0 bridgehead atoms. The molecular formula is C7H10F3N3O2. The van der Waals surface area contributed by atoms with Gasteiger partial charge < -0.3 is 5.11 Å². The van der Waals surface area contributed by atoms with Crippen LogP contribution in [0.25, 0.3) is 10.4 Å². The second-order valence-corrected chi connectivity index (χ2v) is 2.98. The smallest absolute Gasteiger partial charge is 0.389 e. The van der Waals surface area contributed by atoms with Crippen molar-refractivity contribution in [2.45, 2.75) is 32.0 Å². The first-order chi connectivity index (χ1) is 6.81. The van der Waals surface area contributed by atoms with Gasteiger partial charge in [0.25, 0.3) is 0 Å². The molecular weight excluding hydrogens is 215 g/mol. The Balaban J connectivity index is 4.75. The van der Waals surface area contributed by atoms with E-state index in [0.29, 0.717) is 0 Å². The normalized spacial score (nSPS) is 15.2. The Labute approximate surface area is 83.5 Å². The van der Waals surface area contributed by atoms with Gasteiger partial charge in [0, 0.05) is 11.3 Å². The number of halogens is 3. The van der Waals surface area contributed by atoms with Crippen LogP contribution < -0.4 is 0 Å². The molecule has 0 aliphatic rings. The summed E-state index contributed by atoms with van der Waals surface area (Å²) in [4.78, 5) is 12.8. The van der Waals surface area contributed by atoms with Crippen LogP contribution in [0.3, 0.4) is 0 Å². The van der Waals surface area contributed by atoms with Gasteiger partial charge in [-0.15, -0.1) is 0 Å². The van der Waals surface area contributed by atoms with Crippen molar-refractivity contribution in [3.8, 4) is 0 Å². The molecule has 2 atom stereocenters. The highest BCUT2D eigenvalue weighted by Gasteiger charge is 2.37. The lowest BCUT2D eigenvalue weighted by atomic mass is 9.94. The van der Waals surface area contributed by atoms with E-state index in [1.807, 2.05) is 0 Å². The van der Waals surface area contributed by atoms with Crippen molar-refractivity contribution in [3.05, 3.63) is 10.4 Å². The van der Waals surface area contributed by atoms with Gasteiger partial charge in [0.1, 0.15) is 6.04 Å². The van der Waals surface area contributed by atoms with Crippen molar-refractivity contribution in [1.82, 2.24) is 0 Å². The second kappa shape index (κ2) is 5.45. The van der Waals surface area contributed by atoms with Crippen molar-refractivity contribution >= 4 is 5.97 Å². The molecule has 8 heteroatoms. The van der Waals surface area contributed by atoms with Gasteiger partial charge >= 0.3 is 12.1 Å². The number of rotatable bonds is 5. The summed E-state index contributed by atoms with van der Waals surface area (Å²) in [6.07, 6.45) is -5.74. The molecule has 0 fully saturated rings. The summed E-state index contributed by atoms with van der Waals surface area (Å²) < 4.78 is 36.1. The summed E-state index contributed by atoms with van der Waals surface area (Å²) in [6.45, 7) is 1.42. The van der Waals surface area contributed by atoms with Crippen molar-refractivity contribution in [3.63, 3.8) is 0 Å². The molecule has 0 amide bonds. The van der Waals surface area contributed by atoms with E-state index in [1.54, 1.807) is 0 Å². The molecule has 0 spiro atoms. The van der Waals surface area contributed by atoms with Crippen molar-refractivity contribution in [2.75, 3.05) is 0 Å². The lowest BCUT2D eigenvalue weighted by Crippen LogP contribution is -2.30. The van der Waals surface area contributed by atoms with Gasteiger partial charge in [-0.05, 0) is 11.4 Å². The largest absolute Gasteiger partial charge is 0.481 e. The van der Waals surface area contributed by atoms with Crippen LogP contribution in [-0.4, -0.2) is 23.3 Å². The van der Waals surface area contributed by atoms with Crippen LogP contribution in [0.5, 0.6) is 0 Å². The molecule has 86 valence electrons. The molecule has 0 rings (SSSR count). The summed E-state index contributed by atoms with van der Waals surface area (Å²) in [5.74, 6) is -2.76. The first kappa shape index (κ1) is 13.6. The van der Waals surface area contributed by atoms with Gasteiger partial charge in [-0.1, -0.05) is 18.5 Å². The zero-order chi connectivity index (χ0) is 12.1. The van der Waals surface area contributed by atoms with Crippen LogP contribution in [0.4, 0.5) is 13.2 Å². The molecule has 0 aromatic carbocycles. The molecule has 0 heterocycles. The van der Waals surface area contributed by atoms with Crippen LogP contribution in [0.1, 0.15) is 19.8 Å². The van der Waals surface area contributed by atoms with Gasteiger partial charge in [0.2, 0.25) is 0 Å². The Hall–Kier alpha value is -1.43. The fraction of sp³-hybridized carbons (Fsp3) is 0.857. The van der Waals surface area contributed by atoms with Crippen LogP contribution in [0.15, 0.2) is 5.11 Å². The molecule has 0 saturated heterocycles. The van der Waals surface area contributed by atoms with E-state index in [-0.39, 0.29) is 6.42 Å². The number of carboxylic acid groups (broad SMARTS) is 1. The van der Waals surface area contributed by atoms with Gasteiger partial charge in [-0.3, -0.25) is 4.79 Å². The molecule has 0 saturated carbocycles. The lowest BCUT2D eigenvalue weighted by molar-refractivity contribution is -0.153. The zero-order valence-corrected chi connectivity index (χ0v) is 7.90. The SMILES string of the molecule is CCC(CC(F)(F)F)C(N=[N+]=[N-])C(=O)O. The maximum absolute atomic E-state index is 12.0. The standard InChI is InChI=1S/C7H10F3N3O2/c1-2-4(3-7(8,9)10)5(6(14)15)12-13-11/h4-5H,2-3H2,1H3,(H,14,15). The highest BCUT2D eigenvalue weighted by Crippen LogP contribution is 2.29. The monoisotopic (exact) mass is 225 g/mol. The fourth-order valence-corrected chi connectivity index (χ4v) is 1.18. The highest BCUT2D eigenvalue weighted by molar-refractivity contribution is 5.74. The first-order valence-electron chi connectivity index (χ1n) is 4.15. The number of hydrogen-bond donors (Lipinski definition) is 1. The molecule has 0 aliphatic carbocycles. The van der Waals surface area contributed by atoms with Crippen molar-refractivity contribution < 1.29 is 23.1 Å². The summed E-state index contributed by atoms with van der Waals surface area (Å²) in [6, 6.07) is -1.67. The van der Waals surface area contributed by atoms with E-state index in [0.717, 1.165) is 0 Å². The third kappa shape index (κ3) is 5.11. The molecule has 0 aromatic heterocycles. The van der Waals surface area contributed by atoms with Gasteiger partial charge in [-0.2, -0.15) is 13.2 Å². The van der Waals surface area contributed by atoms with Crippen molar-refractivity contribution in [2.24, 2.45) is 11.0 Å². The van der Waals surface area contributed by atoms with Crippen LogP contribution in [-0.2, 0) is 4.79 Å². The minimum absolute atomic E-state index is 0.0184. The Bertz CT molecular complexity index is 271. The number of carbonyl (C=O) groups is 1.